The van der Waals surface area contributed by atoms with Gasteiger partial charge in [0.2, 0.25) is 1.66 Å². The lowest BCUT2D eigenvalue weighted by Crippen LogP contribution is -2.31. The smallest absolute Gasteiger partial charge is 0.206 e. The summed E-state index contributed by atoms with van der Waals surface area (Å²) in [6.07, 6.45) is -0.0617. The molecule has 0 saturated heterocycles. The Bertz CT molecular complexity index is 712. The van der Waals surface area contributed by atoms with E-state index in [9.17, 15) is 13.5 Å². The molecule has 0 bridgehead atoms. The SMILES string of the molecule is CS(=O)(=O)[C@@](Br)(I)[C@H](O)c1ccc(-c2ccccc2)cc1. The predicted molar refractivity (Wildman–Crippen MR) is 97.4 cm³/mol. The number of aliphatic hydroxyl groups excluding tert-OH is 1. The zero-order valence-electron chi connectivity index (χ0n) is 11.2. The highest BCUT2D eigenvalue weighted by molar-refractivity contribution is 14.1. The molecule has 3 nitrogen and oxygen atoms in total. The fraction of sp³-hybridized carbons (Fsp3) is 0.200. The molecule has 112 valence electrons. The van der Waals surface area contributed by atoms with Crippen LogP contribution in [-0.4, -0.2) is 21.4 Å². The van der Waals surface area contributed by atoms with Gasteiger partial charge in [0, 0.05) is 6.26 Å². The number of aliphatic hydroxyl groups is 1. The number of alkyl halides is 2. The van der Waals surface area contributed by atoms with E-state index in [0.717, 1.165) is 17.4 Å². The fourth-order valence-corrected chi connectivity index (χ4v) is 3.05. The monoisotopic (exact) mass is 480 g/mol. The molecule has 2 rings (SSSR count). The van der Waals surface area contributed by atoms with Crippen molar-refractivity contribution in [1.82, 2.24) is 0 Å². The Morgan fingerprint density at radius 1 is 1.05 bits per heavy atom. The summed E-state index contributed by atoms with van der Waals surface area (Å²) in [5.74, 6) is 0. The third-order valence-corrected chi connectivity index (χ3v) is 9.55. The summed E-state index contributed by atoms with van der Waals surface area (Å²) in [7, 11) is -3.46. The predicted octanol–water partition coefficient (Wildman–Crippen LogP) is 3.92. The Kier molecular flexibility index (Phi) is 5.12. The van der Waals surface area contributed by atoms with Gasteiger partial charge < -0.3 is 5.11 Å². The molecule has 0 unspecified atom stereocenters. The van der Waals surface area contributed by atoms with Gasteiger partial charge in [-0.05, 0) is 39.3 Å². The Morgan fingerprint density at radius 2 is 1.52 bits per heavy atom. The highest BCUT2D eigenvalue weighted by Crippen LogP contribution is 2.44. The normalized spacial score (nSPS) is 16.2. The van der Waals surface area contributed by atoms with Crippen LogP contribution in [0.5, 0.6) is 0 Å². The average molecular weight is 481 g/mol. The molecule has 1 N–H and O–H groups in total. The number of benzene rings is 2. The van der Waals surface area contributed by atoms with Crippen molar-refractivity contribution in [2.45, 2.75) is 7.77 Å². The molecule has 0 aromatic heterocycles. The van der Waals surface area contributed by atoms with Crippen LogP contribution >= 0.6 is 38.5 Å². The number of hydrogen-bond donors (Lipinski definition) is 1. The molecule has 0 heterocycles. The van der Waals surface area contributed by atoms with Gasteiger partial charge in [0.25, 0.3) is 0 Å². The first-order chi connectivity index (χ1) is 9.73. The first-order valence-electron chi connectivity index (χ1n) is 6.14. The average Bonchev–Trinajstić information content (AvgIpc) is 2.46. The van der Waals surface area contributed by atoms with Gasteiger partial charge in [-0.1, -0.05) is 70.5 Å². The first kappa shape index (κ1) is 16.9. The molecule has 2 atom stereocenters. The van der Waals surface area contributed by atoms with Gasteiger partial charge in [-0.3, -0.25) is 0 Å². The molecule has 0 aliphatic carbocycles. The fourth-order valence-electron chi connectivity index (χ4n) is 1.89. The lowest BCUT2D eigenvalue weighted by Gasteiger charge is -2.25. The Balaban J connectivity index is 2.32. The minimum Gasteiger partial charge on any atom is -0.385 e. The van der Waals surface area contributed by atoms with Crippen molar-refractivity contribution >= 4 is 48.4 Å². The van der Waals surface area contributed by atoms with Crippen molar-refractivity contribution in [3.8, 4) is 11.1 Å². The molecular formula is C15H14BrIO3S. The molecule has 0 saturated carbocycles. The summed E-state index contributed by atoms with van der Waals surface area (Å²) >= 11 is 4.83. The maximum absolute atomic E-state index is 11.7. The van der Waals surface area contributed by atoms with E-state index in [4.69, 9.17) is 0 Å². The van der Waals surface area contributed by atoms with Crippen molar-refractivity contribution < 1.29 is 13.5 Å². The lowest BCUT2D eigenvalue weighted by molar-refractivity contribution is 0.191. The zero-order valence-corrected chi connectivity index (χ0v) is 15.8. The van der Waals surface area contributed by atoms with Gasteiger partial charge in [-0.2, -0.15) is 0 Å². The maximum atomic E-state index is 11.7. The summed E-state index contributed by atoms with van der Waals surface area (Å²) in [5, 5.41) is 10.3. The van der Waals surface area contributed by atoms with E-state index in [1.165, 1.54) is 0 Å². The van der Waals surface area contributed by atoms with Crippen molar-refractivity contribution in [2.75, 3.05) is 6.26 Å². The second-order valence-corrected chi connectivity index (χ2v) is 12.6. The largest absolute Gasteiger partial charge is 0.385 e. The van der Waals surface area contributed by atoms with E-state index >= 15 is 0 Å². The standard InChI is InChI=1S/C15H14BrIO3S/c1-21(19,20)15(16,17)14(18)13-9-7-12(8-10-13)11-5-3-2-4-6-11/h2-10,14,18H,1H3/t14-,15+/m1/s1. The Labute approximate surface area is 146 Å². The van der Waals surface area contributed by atoms with E-state index in [-0.39, 0.29) is 0 Å². The minimum absolute atomic E-state index is 0.548. The van der Waals surface area contributed by atoms with Gasteiger partial charge in [-0.25, -0.2) is 8.42 Å². The van der Waals surface area contributed by atoms with E-state index in [2.05, 4.69) is 15.9 Å². The minimum atomic E-state index is -3.46. The molecular weight excluding hydrogens is 467 g/mol. The maximum Gasteiger partial charge on any atom is 0.206 e. The number of sulfone groups is 1. The van der Waals surface area contributed by atoms with E-state index in [1.54, 1.807) is 34.7 Å². The molecule has 21 heavy (non-hydrogen) atoms. The summed E-state index contributed by atoms with van der Waals surface area (Å²) in [5.41, 5.74) is 2.63. The van der Waals surface area contributed by atoms with Crippen molar-refractivity contribution in [3.63, 3.8) is 0 Å². The molecule has 2 aromatic carbocycles. The van der Waals surface area contributed by atoms with Crippen LogP contribution in [0.25, 0.3) is 11.1 Å². The van der Waals surface area contributed by atoms with Crippen LogP contribution in [0.2, 0.25) is 0 Å². The van der Waals surface area contributed by atoms with E-state index < -0.39 is 17.6 Å². The molecule has 0 amide bonds. The van der Waals surface area contributed by atoms with Crippen molar-refractivity contribution in [1.29, 1.82) is 0 Å². The molecule has 0 aliphatic rings. The van der Waals surface area contributed by atoms with Crippen molar-refractivity contribution in [3.05, 3.63) is 60.2 Å². The molecule has 0 spiro atoms. The quantitative estimate of drug-likeness (QED) is 0.533. The first-order valence-corrected chi connectivity index (χ1v) is 9.90. The highest BCUT2D eigenvalue weighted by atomic mass is 127. The molecule has 0 fully saturated rings. The Hall–Kier alpha value is -0.440. The van der Waals surface area contributed by atoms with Gasteiger partial charge in [0.1, 0.15) is 6.10 Å². The zero-order chi connectivity index (χ0) is 15.7. The van der Waals surface area contributed by atoms with E-state index in [1.807, 2.05) is 42.5 Å². The third-order valence-electron chi connectivity index (χ3n) is 3.15. The van der Waals surface area contributed by atoms with Crippen LogP contribution in [0.15, 0.2) is 54.6 Å². The van der Waals surface area contributed by atoms with Gasteiger partial charge >= 0.3 is 0 Å². The van der Waals surface area contributed by atoms with Gasteiger partial charge in [-0.15, -0.1) is 0 Å². The van der Waals surface area contributed by atoms with Crippen molar-refractivity contribution in [2.24, 2.45) is 0 Å². The summed E-state index contributed by atoms with van der Waals surface area (Å²) in [6.45, 7) is 0. The van der Waals surface area contributed by atoms with Crippen LogP contribution < -0.4 is 0 Å². The van der Waals surface area contributed by atoms with Crippen LogP contribution in [0.4, 0.5) is 0 Å². The van der Waals surface area contributed by atoms with Crippen LogP contribution in [0, 0.1) is 0 Å². The molecule has 0 aliphatic heterocycles. The molecule has 0 radical (unpaired) electrons. The van der Waals surface area contributed by atoms with Crippen LogP contribution in [-0.2, 0) is 9.84 Å². The second-order valence-electron chi connectivity index (χ2n) is 4.72. The van der Waals surface area contributed by atoms with Crippen LogP contribution in [0.1, 0.15) is 11.7 Å². The third kappa shape index (κ3) is 3.67. The van der Waals surface area contributed by atoms with E-state index in [0.29, 0.717) is 5.56 Å². The number of hydrogen-bond acceptors (Lipinski definition) is 3. The highest BCUT2D eigenvalue weighted by Gasteiger charge is 2.43. The Morgan fingerprint density at radius 3 is 2.00 bits per heavy atom. The summed E-state index contributed by atoms with van der Waals surface area (Å²) in [4.78, 5) is 0. The van der Waals surface area contributed by atoms with Gasteiger partial charge in [0.05, 0.1) is 0 Å². The molecule has 6 heteroatoms. The van der Waals surface area contributed by atoms with Crippen LogP contribution in [0.3, 0.4) is 0 Å². The number of rotatable bonds is 4. The number of halogens is 2. The summed E-state index contributed by atoms with van der Waals surface area (Å²) < 4.78 is 22.0. The lowest BCUT2D eigenvalue weighted by atomic mass is 10.0. The molecule has 2 aromatic rings. The topological polar surface area (TPSA) is 54.4 Å². The summed E-state index contributed by atoms with van der Waals surface area (Å²) in [6, 6.07) is 17.1. The van der Waals surface area contributed by atoms with Gasteiger partial charge in [0.15, 0.2) is 9.84 Å². The second kappa shape index (κ2) is 6.36.